The molecule has 0 N–H and O–H groups in total. The fraction of sp³-hybridized carbons (Fsp3) is 0.538. The van der Waals surface area contributed by atoms with E-state index in [-0.39, 0.29) is 0 Å². The maximum atomic E-state index is 5.26. The van der Waals surface area contributed by atoms with E-state index in [4.69, 9.17) is 9.78 Å². The molecule has 2 nitrogen and oxygen atoms in total. The van der Waals surface area contributed by atoms with Crippen LogP contribution in [0.2, 0.25) is 0 Å². The van der Waals surface area contributed by atoms with Crippen LogP contribution in [0.3, 0.4) is 0 Å². The van der Waals surface area contributed by atoms with Crippen LogP contribution >= 0.6 is 0 Å². The van der Waals surface area contributed by atoms with Gasteiger partial charge in [0.25, 0.3) is 0 Å². The van der Waals surface area contributed by atoms with Crippen LogP contribution in [-0.4, -0.2) is 6.61 Å². The summed E-state index contributed by atoms with van der Waals surface area (Å²) in [5.74, 6) is 1.48. The molecule has 82 valence electrons. The van der Waals surface area contributed by atoms with Crippen molar-refractivity contribution in [2.45, 2.75) is 32.1 Å². The second kappa shape index (κ2) is 5.76. The van der Waals surface area contributed by atoms with Gasteiger partial charge in [-0.25, -0.2) is 0 Å². The van der Waals surface area contributed by atoms with E-state index < -0.39 is 0 Å². The van der Waals surface area contributed by atoms with Crippen molar-refractivity contribution in [3.05, 3.63) is 30.3 Å². The summed E-state index contributed by atoms with van der Waals surface area (Å²) in [5, 5.41) is 0. The fourth-order valence-corrected chi connectivity index (χ4v) is 2.03. The third kappa shape index (κ3) is 3.56. The first-order valence-electron chi connectivity index (χ1n) is 5.79. The first-order valence-corrected chi connectivity index (χ1v) is 5.79. The molecule has 0 aliphatic heterocycles. The van der Waals surface area contributed by atoms with Crippen LogP contribution in [0.1, 0.15) is 32.1 Å². The molecule has 0 bridgehead atoms. The van der Waals surface area contributed by atoms with Crippen molar-refractivity contribution in [2.75, 3.05) is 6.61 Å². The summed E-state index contributed by atoms with van der Waals surface area (Å²) in [6.07, 6.45) is 6.66. The molecule has 0 saturated heterocycles. The Morgan fingerprint density at radius 1 is 1.00 bits per heavy atom. The average Bonchev–Trinajstić information content (AvgIpc) is 2.32. The van der Waals surface area contributed by atoms with Crippen LogP contribution in [0.5, 0.6) is 5.75 Å². The Bertz CT molecular complexity index is 265. The van der Waals surface area contributed by atoms with Crippen molar-refractivity contribution in [1.29, 1.82) is 0 Å². The zero-order chi connectivity index (χ0) is 10.3. The predicted octanol–water partition coefficient (Wildman–Crippen LogP) is 3.58. The molecule has 0 atom stereocenters. The van der Waals surface area contributed by atoms with Gasteiger partial charge < -0.3 is 4.89 Å². The molecule has 1 aromatic rings. The van der Waals surface area contributed by atoms with E-state index in [1.54, 1.807) is 0 Å². The zero-order valence-corrected chi connectivity index (χ0v) is 9.02. The monoisotopic (exact) mass is 206 g/mol. The van der Waals surface area contributed by atoms with Gasteiger partial charge in [-0.2, -0.15) is 4.89 Å². The minimum atomic E-state index is 0.697. The van der Waals surface area contributed by atoms with E-state index in [2.05, 4.69) is 0 Å². The van der Waals surface area contributed by atoms with E-state index >= 15 is 0 Å². The van der Waals surface area contributed by atoms with Gasteiger partial charge in [0.1, 0.15) is 0 Å². The largest absolute Gasteiger partial charge is 0.338 e. The Morgan fingerprint density at radius 2 is 1.73 bits per heavy atom. The summed E-state index contributed by atoms with van der Waals surface area (Å²) in [4.78, 5) is 10.5. The Balaban J connectivity index is 1.66. The summed E-state index contributed by atoms with van der Waals surface area (Å²) in [6.45, 7) is 0.731. The van der Waals surface area contributed by atoms with E-state index in [0.717, 1.165) is 12.4 Å². The van der Waals surface area contributed by atoms with Gasteiger partial charge in [-0.05, 0) is 30.9 Å². The summed E-state index contributed by atoms with van der Waals surface area (Å²) in [6, 6.07) is 9.66. The van der Waals surface area contributed by atoms with Crippen molar-refractivity contribution >= 4 is 0 Å². The van der Waals surface area contributed by atoms with Crippen molar-refractivity contribution in [3.8, 4) is 5.75 Å². The van der Waals surface area contributed by atoms with E-state index in [1.165, 1.54) is 32.1 Å². The summed E-state index contributed by atoms with van der Waals surface area (Å²) in [5.41, 5.74) is 0. The summed E-state index contributed by atoms with van der Waals surface area (Å²) >= 11 is 0. The molecule has 0 amide bonds. The van der Waals surface area contributed by atoms with E-state index in [9.17, 15) is 0 Å². The lowest BCUT2D eigenvalue weighted by Gasteiger charge is -2.20. The number of hydrogen-bond acceptors (Lipinski definition) is 2. The average molecular weight is 206 g/mol. The third-order valence-electron chi connectivity index (χ3n) is 2.93. The number of benzene rings is 1. The molecule has 0 unspecified atom stereocenters. The van der Waals surface area contributed by atoms with Crippen molar-refractivity contribution in [2.24, 2.45) is 5.92 Å². The maximum absolute atomic E-state index is 5.26. The molecule has 0 radical (unpaired) electrons. The quantitative estimate of drug-likeness (QED) is 0.553. The molecule has 1 aromatic carbocycles. The third-order valence-corrected chi connectivity index (χ3v) is 2.93. The van der Waals surface area contributed by atoms with E-state index in [0.29, 0.717) is 5.92 Å². The SMILES string of the molecule is c1ccc(OOCC2CCCCC2)cc1. The standard InChI is InChI=1S/C13H18O2/c1-3-7-12(8-4-1)11-14-15-13-9-5-2-6-10-13/h2,5-6,9-10,12H,1,3-4,7-8,11H2. The predicted molar refractivity (Wildman–Crippen MR) is 59.6 cm³/mol. The molecule has 0 spiro atoms. The summed E-state index contributed by atoms with van der Waals surface area (Å²) in [7, 11) is 0. The molecule has 1 fully saturated rings. The Labute approximate surface area is 91.1 Å². The number of para-hydroxylation sites is 1. The molecular weight excluding hydrogens is 188 g/mol. The lowest BCUT2D eigenvalue weighted by atomic mass is 9.90. The highest BCUT2D eigenvalue weighted by Gasteiger charge is 2.13. The maximum Gasteiger partial charge on any atom is 0.165 e. The van der Waals surface area contributed by atoms with Crippen molar-refractivity contribution in [3.63, 3.8) is 0 Å². The minimum Gasteiger partial charge on any atom is -0.338 e. The Hall–Kier alpha value is -1.02. The van der Waals surface area contributed by atoms with Gasteiger partial charge in [0.15, 0.2) is 5.75 Å². The number of hydrogen-bond donors (Lipinski definition) is 0. The van der Waals surface area contributed by atoms with Gasteiger partial charge in [0, 0.05) is 0 Å². The lowest BCUT2D eigenvalue weighted by Crippen LogP contribution is -2.14. The van der Waals surface area contributed by atoms with Gasteiger partial charge in [0.05, 0.1) is 6.61 Å². The fourth-order valence-electron chi connectivity index (χ4n) is 2.03. The van der Waals surface area contributed by atoms with Crippen molar-refractivity contribution < 1.29 is 9.78 Å². The Morgan fingerprint density at radius 3 is 2.47 bits per heavy atom. The van der Waals surface area contributed by atoms with Crippen LogP contribution in [-0.2, 0) is 4.89 Å². The highest BCUT2D eigenvalue weighted by Crippen LogP contribution is 2.23. The molecule has 15 heavy (non-hydrogen) atoms. The molecule has 1 aliphatic rings. The lowest BCUT2D eigenvalue weighted by molar-refractivity contribution is -0.218. The van der Waals surface area contributed by atoms with Crippen LogP contribution in [0.25, 0.3) is 0 Å². The molecule has 2 heteroatoms. The molecular formula is C13H18O2. The second-order valence-electron chi connectivity index (χ2n) is 4.18. The Kier molecular flexibility index (Phi) is 4.03. The topological polar surface area (TPSA) is 18.5 Å². The number of rotatable bonds is 4. The van der Waals surface area contributed by atoms with Crippen molar-refractivity contribution in [1.82, 2.24) is 0 Å². The molecule has 1 saturated carbocycles. The zero-order valence-electron chi connectivity index (χ0n) is 9.02. The van der Waals surface area contributed by atoms with Gasteiger partial charge in [-0.3, -0.25) is 0 Å². The molecule has 1 aliphatic carbocycles. The van der Waals surface area contributed by atoms with Gasteiger partial charge in [0.2, 0.25) is 0 Å². The second-order valence-corrected chi connectivity index (χ2v) is 4.18. The normalized spacial score (nSPS) is 17.6. The van der Waals surface area contributed by atoms with Crippen LogP contribution < -0.4 is 4.89 Å². The van der Waals surface area contributed by atoms with Gasteiger partial charge >= 0.3 is 0 Å². The van der Waals surface area contributed by atoms with Gasteiger partial charge in [-0.1, -0.05) is 37.5 Å². The van der Waals surface area contributed by atoms with Gasteiger partial charge in [-0.15, -0.1) is 0 Å². The summed E-state index contributed by atoms with van der Waals surface area (Å²) < 4.78 is 0. The highest BCUT2D eigenvalue weighted by atomic mass is 17.2. The minimum absolute atomic E-state index is 0.697. The molecule has 0 aromatic heterocycles. The first-order chi connectivity index (χ1) is 7.45. The highest BCUT2D eigenvalue weighted by molar-refractivity contribution is 5.20. The van der Waals surface area contributed by atoms with Crippen LogP contribution in [0, 0.1) is 5.92 Å². The smallest absolute Gasteiger partial charge is 0.165 e. The molecule has 0 heterocycles. The first kappa shape index (κ1) is 10.5. The van der Waals surface area contributed by atoms with Crippen LogP contribution in [0.4, 0.5) is 0 Å². The van der Waals surface area contributed by atoms with Crippen LogP contribution in [0.15, 0.2) is 30.3 Å². The van der Waals surface area contributed by atoms with E-state index in [1.807, 2.05) is 30.3 Å². The molecule has 2 rings (SSSR count).